The van der Waals surface area contributed by atoms with Gasteiger partial charge in [-0.05, 0) is 25.0 Å². The van der Waals surface area contributed by atoms with Gasteiger partial charge >= 0.3 is 11.2 Å². The van der Waals surface area contributed by atoms with Crippen molar-refractivity contribution in [2.75, 3.05) is 18.0 Å². The molecule has 1 unspecified atom stereocenters. The number of fused-ring (bicyclic) bond motifs is 1. The van der Waals surface area contributed by atoms with Gasteiger partial charge in [0.05, 0.1) is 4.92 Å². The fourth-order valence-electron chi connectivity index (χ4n) is 2.32. The van der Waals surface area contributed by atoms with E-state index in [2.05, 4.69) is 18.8 Å². The highest BCUT2D eigenvalue weighted by Crippen LogP contribution is 2.24. The molecule has 0 N–H and O–H groups in total. The van der Waals surface area contributed by atoms with Crippen LogP contribution in [0.5, 0.6) is 0 Å². The molecule has 0 bridgehead atoms. The Bertz CT molecular complexity index is 741. The van der Waals surface area contributed by atoms with Crippen molar-refractivity contribution in [1.29, 1.82) is 0 Å². The number of aromatic nitrogens is 2. The minimum absolute atomic E-state index is 0.156. The van der Waals surface area contributed by atoms with Crippen LogP contribution in [0.25, 0.3) is 5.65 Å². The maximum atomic E-state index is 12.4. The van der Waals surface area contributed by atoms with Crippen molar-refractivity contribution in [1.82, 2.24) is 9.38 Å². The fraction of sp³-hybridized carbons (Fsp3) is 0.467. The molecule has 0 aliphatic rings. The van der Waals surface area contributed by atoms with Gasteiger partial charge in [-0.2, -0.15) is 0 Å². The van der Waals surface area contributed by atoms with Crippen LogP contribution < -0.4 is 10.5 Å². The number of nitrogens with zero attached hydrogens (tertiary/aromatic N) is 4. The van der Waals surface area contributed by atoms with E-state index in [1.165, 1.54) is 10.6 Å². The Kier molecular flexibility index (Phi) is 4.75. The number of nitro groups is 1. The zero-order valence-corrected chi connectivity index (χ0v) is 13.0. The molecule has 118 valence electrons. The second-order valence-electron chi connectivity index (χ2n) is 5.33. The van der Waals surface area contributed by atoms with Crippen LogP contribution >= 0.6 is 0 Å². The van der Waals surface area contributed by atoms with Crippen molar-refractivity contribution in [2.24, 2.45) is 5.92 Å². The topological polar surface area (TPSA) is 80.8 Å². The van der Waals surface area contributed by atoms with E-state index >= 15 is 0 Å². The SMILES string of the molecule is CCC(C)CN(CC)c1nc2ccccn2c(=O)c1[N+](=O)[O-]. The van der Waals surface area contributed by atoms with Crippen molar-refractivity contribution in [3.05, 3.63) is 44.9 Å². The van der Waals surface area contributed by atoms with Crippen molar-refractivity contribution >= 4 is 17.2 Å². The predicted octanol–water partition coefficient (Wildman–Crippen LogP) is 2.48. The van der Waals surface area contributed by atoms with Crippen LogP contribution in [-0.4, -0.2) is 27.4 Å². The molecular weight excluding hydrogens is 284 g/mol. The van der Waals surface area contributed by atoms with Crippen molar-refractivity contribution in [3.8, 4) is 0 Å². The first kappa shape index (κ1) is 15.9. The number of anilines is 1. The minimum Gasteiger partial charge on any atom is -0.351 e. The van der Waals surface area contributed by atoms with Gasteiger partial charge in [0.1, 0.15) is 5.65 Å². The van der Waals surface area contributed by atoms with Gasteiger partial charge in [-0.3, -0.25) is 19.3 Å². The number of rotatable bonds is 6. The van der Waals surface area contributed by atoms with E-state index in [1.54, 1.807) is 23.1 Å². The molecule has 0 aromatic carbocycles. The molecule has 0 spiro atoms. The Morgan fingerprint density at radius 2 is 2.14 bits per heavy atom. The zero-order chi connectivity index (χ0) is 16.3. The molecule has 7 heteroatoms. The molecule has 2 aromatic rings. The van der Waals surface area contributed by atoms with E-state index in [4.69, 9.17) is 0 Å². The molecule has 2 aromatic heterocycles. The molecule has 0 aliphatic heterocycles. The molecule has 0 amide bonds. The van der Waals surface area contributed by atoms with Gasteiger partial charge in [-0.15, -0.1) is 0 Å². The lowest BCUT2D eigenvalue weighted by atomic mass is 10.1. The summed E-state index contributed by atoms with van der Waals surface area (Å²) in [5, 5.41) is 11.4. The Balaban J connectivity index is 2.67. The highest BCUT2D eigenvalue weighted by atomic mass is 16.6. The Morgan fingerprint density at radius 3 is 2.73 bits per heavy atom. The molecule has 7 nitrogen and oxygen atoms in total. The highest BCUT2D eigenvalue weighted by Gasteiger charge is 2.27. The van der Waals surface area contributed by atoms with Crippen LogP contribution in [-0.2, 0) is 0 Å². The first-order chi connectivity index (χ1) is 10.5. The van der Waals surface area contributed by atoms with Gasteiger partial charge in [0.25, 0.3) is 0 Å². The predicted molar refractivity (Wildman–Crippen MR) is 85.5 cm³/mol. The highest BCUT2D eigenvalue weighted by molar-refractivity contribution is 5.61. The van der Waals surface area contributed by atoms with Crippen molar-refractivity contribution < 1.29 is 4.92 Å². The molecule has 0 saturated heterocycles. The van der Waals surface area contributed by atoms with Crippen LogP contribution in [0.1, 0.15) is 27.2 Å². The quantitative estimate of drug-likeness (QED) is 0.605. The van der Waals surface area contributed by atoms with Crippen LogP contribution in [0, 0.1) is 16.0 Å². The average molecular weight is 304 g/mol. The molecule has 2 rings (SSSR count). The standard InChI is InChI=1S/C15H20N4O3/c1-4-11(3)10-17(5-2)14-13(19(21)22)15(20)18-9-7-6-8-12(18)16-14/h6-9,11H,4-5,10H2,1-3H3. The van der Waals surface area contributed by atoms with Crippen LogP contribution in [0.3, 0.4) is 0 Å². The number of pyridine rings is 1. The summed E-state index contributed by atoms with van der Waals surface area (Å²) < 4.78 is 1.21. The average Bonchev–Trinajstić information content (AvgIpc) is 2.51. The summed E-state index contributed by atoms with van der Waals surface area (Å²) in [5.74, 6) is 0.513. The first-order valence-corrected chi connectivity index (χ1v) is 7.40. The molecule has 0 fully saturated rings. The second-order valence-corrected chi connectivity index (χ2v) is 5.33. The summed E-state index contributed by atoms with van der Waals surface area (Å²) in [5.41, 5.74) is -0.697. The summed E-state index contributed by atoms with van der Waals surface area (Å²) in [6, 6.07) is 5.07. The van der Waals surface area contributed by atoms with E-state index in [0.29, 0.717) is 24.7 Å². The molecule has 0 aliphatic carbocycles. The van der Waals surface area contributed by atoms with Crippen molar-refractivity contribution in [2.45, 2.75) is 27.2 Å². The zero-order valence-electron chi connectivity index (χ0n) is 13.0. The van der Waals surface area contributed by atoms with Gasteiger partial charge in [-0.1, -0.05) is 26.3 Å². The summed E-state index contributed by atoms with van der Waals surface area (Å²) in [6.07, 6.45) is 2.45. The first-order valence-electron chi connectivity index (χ1n) is 7.40. The second kappa shape index (κ2) is 6.55. The van der Waals surface area contributed by atoms with E-state index in [0.717, 1.165) is 6.42 Å². The largest absolute Gasteiger partial charge is 0.376 e. The van der Waals surface area contributed by atoms with Crippen LogP contribution in [0.2, 0.25) is 0 Å². The lowest BCUT2D eigenvalue weighted by Gasteiger charge is -2.24. The Hall–Kier alpha value is -2.44. The summed E-state index contributed by atoms with van der Waals surface area (Å²) in [4.78, 5) is 29.3. The van der Waals surface area contributed by atoms with E-state index < -0.39 is 16.2 Å². The third-order valence-electron chi connectivity index (χ3n) is 3.78. The summed E-state index contributed by atoms with van der Waals surface area (Å²) in [7, 11) is 0. The Labute approximate surface area is 128 Å². The monoisotopic (exact) mass is 304 g/mol. The summed E-state index contributed by atoms with van der Waals surface area (Å²) >= 11 is 0. The maximum absolute atomic E-state index is 12.4. The van der Waals surface area contributed by atoms with Gasteiger partial charge in [-0.25, -0.2) is 4.98 Å². The number of hydrogen-bond acceptors (Lipinski definition) is 5. The molecular formula is C15H20N4O3. The Morgan fingerprint density at radius 1 is 1.41 bits per heavy atom. The van der Waals surface area contributed by atoms with E-state index in [1.807, 2.05) is 6.92 Å². The molecule has 0 saturated carbocycles. The van der Waals surface area contributed by atoms with Gasteiger partial charge in [0.15, 0.2) is 0 Å². The summed E-state index contributed by atoms with van der Waals surface area (Å²) in [6.45, 7) is 7.22. The van der Waals surface area contributed by atoms with E-state index in [-0.39, 0.29) is 5.82 Å². The van der Waals surface area contributed by atoms with Gasteiger partial charge < -0.3 is 4.90 Å². The molecule has 22 heavy (non-hydrogen) atoms. The third-order valence-corrected chi connectivity index (χ3v) is 3.78. The maximum Gasteiger partial charge on any atom is 0.376 e. The number of hydrogen-bond donors (Lipinski definition) is 0. The van der Waals surface area contributed by atoms with Gasteiger partial charge in [0, 0.05) is 19.3 Å². The van der Waals surface area contributed by atoms with Crippen LogP contribution in [0.4, 0.5) is 11.5 Å². The normalized spacial score (nSPS) is 12.3. The molecule has 2 heterocycles. The van der Waals surface area contributed by atoms with Gasteiger partial charge in [0.2, 0.25) is 5.82 Å². The van der Waals surface area contributed by atoms with Crippen molar-refractivity contribution in [3.63, 3.8) is 0 Å². The third kappa shape index (κ3) is 2.93. The van der Waals surface area contributed by atoms with Crippen LogP contribution in [0.15, 0.2) is 29.2 Å². The molecule has 1 atom stereocenters. The minimum atomic E-state index is -0.645. The lowest BCUT2D eigenvalue weighted by molar-refractivity contribution is -0.385. The van der Waals surface area contributed by atoms with E-state index in [9.17, 15) is 14.9 Å². The lowest BCUT2D eigenvalue weighted by Crippen LogP contribution is -2.32. The smallest absolute Gasteiger partial charge is 0.351 e. The fourth-order valence-corrected chi connectivity index (χ4v) is 2.32. The molecule has 0 radical (unpaired) electrons.